The summed E-state index contributed by atoms with van der Waals surface area (Å²) in [4.78, 5) is 11.5. The van der Waals surface area contributed by atoms with E-state index in [1.165, 1.54) is 11.6 Å². The summed E-state index contributed by atoms with van der Waals surface area (Å²) in [5, 5.41) is 0. The summed E-state index contributed by atoms with van der Waals surface area (Å²) in [7, 11) is -1.01. The molecule has 0 saturated heterocycles. The van der Waals surface area contributed by atoms with Gasteiger partial charge in [-0.15, -0.1) is 0 Å². The van der Waals surface area contributed by atoms with Crippen LogP contribution in [0.5, 0.6) is 0 Å². The summed E-state index contributed by atoms with van der Waals surface area (Å²) in [6.07, 6.45) is 10.8. The summed E-state index contributed by atoms with van der Waals surface area (Å²) in [5.74, 6) is 0.880. The van der Waals surface area contributed by atoms with Gasteiger partial charge in [0.2, 0.25) is 0 Å². The van der Waals surface area contributed by atoms with Gasteiger partial charge < -0.3 is 0 Å². The molecule has 0 radical (unpaired) electrons. The van der Waals surface area contributed by atoms with E-state index in [0.717, 1.165) is 38.5 Å². The molecule has 2 heteroatoms. The largest absolute Gasteiger partial charge is 0.299 e. The van der Waals surface area contributed by atoms with Crippen molar-refractivity contribution < 1.29 is 4.79 Å². The lowest BCUT2D eigenvalue weighted by atomic mass is 9.99. The lowest BCUT2D eigenvalue weighted by Crippen LogP contribution is -2.19. The van der Waals surface area contributed by atoms with Crippen LogP contribution in [0.3, 0.4) is 0 Å². The van der Waals surface area contributed by atoms with E-state index < -0.39 is 8.07 Å². The molecule has 0 bridgehead atoms. The van der Waals surface area contributed by atoms with Crippen molar-refractivity contribution in [3.63, 3.8) is 0 Å². The second-order valence-electron chi connectivity index (χ2n) is 6.78. The van der Waals surface area contributed by atoms with Crippen LogP contribution in [0.25, 0.3) is 0 Å². The van der Waals surface area contributed by atoms with Gasteiger partial charge in [-0.1, -0.05) is 43.9 Å². The number of unbranched alkanes of at least 4 members (excludes halogenated alkanes) is 1. The second-order valence-corrected chi connectivity index (χ2v) is 12.3. The van der Waals surface area contributed by atoms with E-state index in [2.05, 4.69) is 38.4 Å². The molecule has 0 N–H and O–H groups in total. The minimum atomic E-state index is -1.01. The molecule has 1 aliphatic carbocycles. The maximum atomic E-state index is 11.5. The molecule has 1 nitrogen and oxygen atoms in total. The highest BCUT2D eigenvalue weighted by Gasteiger charge is 2.23. The molecule has 1 fully saturated rings. The summed E-state index contributed by atoms with van der Waals surface area (Å²) in [6, 6.07) is 1.19. The zero-order chi connectivity index (χ0) is 13.6. The van der Waals surface area contributed by atoms with Gasteiger partial charge >= 0.3 is 0 Å². The first-order valence-corrected chi connectivity index (χ1v) is 11.0. The molecule has 0 aromatic carbocycles. The molecule has 0 aliphatic heterocycles. The highest BCUT2D eigenvalue weighted by molar-refractivity contribution is 6.76. The number of carbonyl (C=O) groups is 1. The normalized spacial score (nSPS) is 20.8. The third-order valence-corrected chi connectivity index (χ3v) is 4.98. The van der Waals surface area contributed by atoms with E-state index in [1.807, 2.05) is 0 Å². The number of ketones is 1. The van der Waals surface area contributed by atoms with Crippen LogP contribution in [0, 0.1) is 5.92 Å². The van der Waals surface area contributed by atoms with Crippen molar-refractivity contribution in [2.45, 2.75) is 64.2 Å². The van der Waals surface area contributed by atoms with Gasteiger partial charge in [-0.3, -0.25) is 4.79 Å². The van der Waals surface area contributed by atoms with Crippen LogP contribution < -0.4 is 0 Å². The number of Topliss-reactive ketones (excluding diaryl/α,β-unsaturated/α-hetero) is 1. The fraction of sp³-hybridized carbons (Fsp3) is 0.688. The Hall–Kier alpha value is -0.633. The molecular weight excluding hydrogens is 236 g/mol. The molecule has 1 rings (SSSR count). The molecule has 0 aromatic heterocycles. The van der Waals surface area contributed by atoms with E-state index in [1.54, 1.807) is 0 Å². The highest BCUT2D eigenvalue weighted by Crippen LogP contribution is 2.26. The number of hydrogen-bond donors (Lipinski definition) is 0. The quantitative estimate of drug-likeness (QED) is 0.360. The first-order valence-electron chi connectivity index (χ1n) is 7.25. The van der Waals surface area contributed by atoms with Gasteiger partial charge in [-0.25, -0.2) is 0 Å². The topological polar surface area (TPSA) is 17.1 Å². The van der Waals surface area contributed by atoms with Crippen molar-refractivity contribution in [2.75, 3.05) is 0 Å². The molecule has 1 atom stereocenters. The molecular formula is C16H28OSi. The van der Waals surface area contributed by atoms with Gasteiger partial charge in [0.05, 0.1) is 0 Å². The van der Waals surface area contributed by atoms with Crippen LogP contribution >= 0.6 is 0 Å². The zero-order valence-electron chi connectivity index (χ0n) is 12.3. The summed E-state index contributed by atoms with van der Waals surface area (Å²) in [5.41, 5.74) is 1.27. The van der Waals surface area contributed by atoms with Gasteiger partial charge in [0, 0.05) is 20.4 Å². The fourth-order valence-electron chi connectivity index (χ4n) is 2.67. The lowest BCUT2D eigenvalue weighted by Gasteiger charge is -2.15. The third-order valence-electron chi connectivity index (χ3n) is 3.47. The number of rotatable bonds is 7. The molecule has 0 amide bonds. The minimum Gasteiger partial charge on any atom is -0.299 e. The first kappa shape index (κ1) is 15.4. The Morgan fingerprint density at radius 1 is 1.44 bits per heavy atom. The minimum absolute atomic E-state index is 0.378. The number of allylic oxidation sites excluding steroid dienone is 3. The van der Waals surface area contributed by atoms with Crippen LogP contribution in [0.1, 0.15) is 38.5 Å². The van der Waals surface area contributed by atoms with Crippen molar-refractivity contribution in [3.8, 4) is 0 Å². The van der Waals surface area contributed by atoms with Crippen molar-refractivity contribution in [3.05, 3.63) is 24.3 Å². The van der Waals surface area contributed by atoms with Crippen molar-refractivity contribution in [1.82, 2.24) is 0 Å². The maximum absolute atomic E-state index is 11.5. The summed E-state index contributed by atoms with van der Waals surface area (Å²) < 4.78 is 0. The van der Waals surface area contributed by atoms with E-state index in [9.17, 15) is 4.79 Å². The number of carbonyl (C=O) groups excluding carboxylic acids is 1. The second kappa shape index (κ2) is 7.08. The summed E-state index contributed by atoms with van der Waals surface area (Å²) in [6.45, 7) is 11.2. The molecule has 1 saturated carbocycles. The smallest absolute Gasteiger partial charge is 0.135 e. The predicted molar refractivity (Wildman–Crippen MR) is 82.6 cm³/mol. The molecule has 102 valence electrons. The van der Waals surface area contributed by atoms with Crippen molar-refractivity contribution in [1.29, 1.82) is 0 Å². The van der Waals surface area contributed by atoms with Crippen molar-refractivity contribution in [2.24, 2.45) is 5.92 Å². The van der Waals surface area contributed by atoms with E-state index in [4.69, 9.17) is 0 Å². The Morgan fingerprint density at radius 3 is 2.72 bits per heavy atom. The Kier molecular flexibility index (Phi) is 6.07. The van der Waals surface area contributed by atoms with Crippen LogP contribution in [0.2, 0.25) is 25.7 Å². The highest BCUT2D eigenvalue weighted by atomic mass is 28.3. The standard InChI is InChI=1S/C16H28OSi/c1-14(13-18(2,3)4)9-6-5-7-10-15-11-8-12-16(15)17/h6,9,15H,1,5,7-8,10-13H2,2-4H3/b9-6+. The molecule has 18 heavy (non-hydrogen) atoms. The average molecular weight is 264 g/mol. The molecule has 0 spiro atoms. The van der Waals surface area contributed by atoms with Crippen LogP contribution in [0.4, 0.5) is 0 Å². The third kappa shape index (κ3) is 6.34. The van der Waals surface area contributed by atoms with E-state index in [-0.39, 0.29) is 0 Å². The number of hydrogen-bond acceptors (Lipinski definition) is 1. The monoisotopic (exact) mass is 264 g/mol. The van der Waals surface area contributed by atoms with Gasteiger partial charge in [0.1, 0.15) is 5.78 Å². The predicted octanol–water partition coefficient (Wildman–Crippen LogP) is 4.98. The van der Waals surface area contributed by atoms with Crippen LogP contribution in [0.15, 0.2) is 24.3 Å². The summed E-state index contributed by atoms with van der Waals surface area (Å²) >= 11 is 0. The first-order chi connectivity index (χ1) is 8.38. The average Bonchev–Trinajstić information content (AvgIpc) is 2.61. The SMILES string of the molecule is C=C(/C=C/CCCC1CCCC1=O)C[Si](C)(C)C. The Balaban J connectivity index is 2.13. The van der Waals surface area contributed by atoms with Gasteiger partial charge in [-0.2, -0.15) is 0 Å². The molecule has 0 heterocycles. The molecule has 0 aromatic rings. The fourth-order valence-corrected chi connectivity index (χ4v) is 4.15. The zero-order valence-corrected chi connectivity index (χ0v) is 13.3. The maximum Gasteiger partial charge on any atom is 0.135 e. The Labute approximate surface area is 113 Å². The van der Waals surface area contributed by atoms with Gasteiger partial charge in [0.15, 0.2) is 0 Å². The van der Waals surface area contributed by atoms with Crippen molar-refractivity contribution >= 4 is 13.9 Å². The van der Waals surface area contributed by atoms with Crippen LogP contribution in [-0.4, -0.2) is 13.9 Å². The Bertz CT molecular complexity index is 322. The van der Waals surface area contributed by atoms with E-state index >= 15 is 0 Å². The lowest BCUT2D eigenvalue weighted by molar-refractivity contribution is -0.120. The Morgan fingerprint density at radius 2 is 2.17 bits per heavy atom. The van der Waals surface area contributed by atoms with Crippen LogP contribution in [-0.2, 0) is 4.79 Å². The van der Waals surface area contributed by atoms with Gasteiger partial charge in [0.25, 0.3) is 0 Å². The molecule has 1 unspecified atom stereocenters. The van der Waals surface area contributed by atoms with Gasteiger partial charge in [-0.05, 0) is 38.1 Å². The van der Waals surface area contributed by atoms with E-state index in [0.29, 0.717) is 11.7 Å². The molecule has 1 aliphatic rings.